The average molecular weight is 415 g/mol. The molecular weight excluding hydrogens is 395 g/mol. The van der Waals surface area contributed by atoms with E-state index in [4.69, 9.17) is 23.2 Å². The number of carboxylic acids is 1. The molecule has 1 aliphatic rings. The van der Waals surface area contributed by atoms with Gasteiger partial charge in [-0.05, 0) is 66.7 Å². The van der Waals surface area contributed by atoms with E-state index in [1.807, 2.05) is 24.4 Å². The van der Waals surface area contributed by atoms with Gasteiger partial charge in [-0.3, -0.25) is 14.7 Å². The lowest BCUT2D eigenvalue weighted by atomic mass is 9.90. The molecule has 4 nitrogen and oxygen atoms in total. The molecule has 6 heteroatoms. The first-order chi connectivity index (χ1) is 13.5. The van der Waals surface area contributed by atoms with Crippen LogP contribution in [0.2, 0.25) is 10.0 Å². The molecule has 1 atom stereocenters. The Bertz CT molecular complexity index is 1020. The minimum Gasteiger partial charge on any atom is -0.481 e. The van der Waals surface area contributed by atoms with Gasteiger partial charge in [0.1, 0.15) is 0 Å². The van der Waals surface area contributed by atoms with Crippen molar-refractivity contribution in [1.29, 1.82) is 0 Å². The van der Waals surface area contributed by atoms with Crippen molar-refractivity contribution in [2.45, 2.75) is 18.9 Å². The summed E-state index contributed by atoms with van der Waals surface area (Å²) < 4.78 is 0. The van der Waals surface area contributed by atoms with E-state index in [1.165, 1.54) is 0 Å². The zero-order valence-corrected chi connectivity index (χ0v) is 16.7. The number of nitrogens with zero attached hydrogens (tertiary/aromatic N) is 2. The van der Waals surface area contributed by atoms with Gasteiger partial charge in [-0.15, -0.1) is 0 Å². The first kappa shape index (κ1) is 19.2. The van der Waals surface area contributed by atoms with E-state index in [-0.39, 0.29) is 12.0 Å². The maximum Gasteiger partial charge on any atom is 0.306 e. The highest BCUT2D eigenvalue weighted by atomic mass is 35.5. The van der Waals surface area contributed by atoms with Crippen LogP contribution in [0, 0.1) is 5.92 Å². The molecule has 3 aromatic rings. The number of carbonyl (C=O) groups is 1. The van der Waals surface area contributed by atoms with Crippen LogP contribution in [0.15, 0.2) is 54.9 Å². The first-order valence-corrected chi connectivity index (χ1v) is 10.0. The van der Waals surface area contributed by atoms with Crippen LogP contribution < -0.4 is 0 Å². The highest BCUT2D eigenvalue weighted by molar-refractivity contribution is 6.35. The number of rotatable bonds is 4. The van der Waals surface area contributed by atoms with Gasteiger partial charge in [0.25, 0.3) is 0 Å². The number of carboxylic acid groups (broad SMARTS) is 1. The Kier molecular flexibility index (Phi) is 5.54. The number of hydrogen-bond acceptors (Lipinski definition) is 3. The topological polar surface area (TPSA) is 53.4 Å². The summed E-state index contributed by atoms with van der Waals surface area (Å²) in [6, 6.07) is 13.9. The molecule has 1 aliphatic heterocycles. The Morgan fingerprint density at radius 3 is 2.57 bits per heavy atom. The minimum absolute atomic E-state index is 0.0583. The van der Waals surface area contributed by atoms with Crippen molar-refractivity contribution in [3.63, 3.8) is 0 Å². The van der Waals surface area contributed by atoms with Gasteiger partial charge in [-0.1, -0.05) is 41.4 Å². The molecule has 28 heavy (non-hydrogen) atoms. The highest BCUT2D eigenvalue weighted by Gasteiger charge is 2.31. The Labute approximate surface area is 173 Å². The molecule has 1 unspecified atom stereocenters. The Hall–Kier alpha value is -2.14. The summed E-state index contributed by atoms with van der Waals surface area (Å²) in [6.07, 6.45) is 4.90. The van der Waals surface area contributed by atoms with Gasteiger partial charge in [-0.25, -0.2) is 0 Å². The van der Waals surface area contributed by atoms with Crippen LogP contribution in [-0.4, -0.2) is 34.0 Å². The monoisotopic (exact) mass is 414 g/mol. The molecule has 0 saturated carbocycles. The van der Waals surface area contributed by atoms with Crippen LogP contribution in [0.3, 0.4) is 0 Å². The van der Waals surface area contributed by atoms with Crippen LogP contribution in [-0.2, 0) is 4.79 Å². The van der Waals surface area contributed by atoms with Crippen molar-refractivity contribution in [1.82, 2.24) is 9.88 Å². The zero-order valence-electron chi connectivity index (χ0n) is 15.2. The normalized spacial score (nSPS) is 16.9. The third-order valence-electron chi connectivity index (χ3n) is 5.48. The summed E-state index contributed by atoms with van der Waals surface area (Å²) >= 11 is 12.7. The number of aliphatic carboxylic acids is 1. The fourth-order valence-electron chi connectivity index (χ4n) is 3.99. The van der Waals surface area contributed by atoms with Crippen LogP contribution in [0.25, 0.3) is 10.8 Å². The van der Waals surface area contributed by atoms with Crippen molar-refractivity contribution in [2.75, 3.05) is 13.1 Å². The third-order valence-corrected chi connectivity index (χ3v) is 6.04. The second-order valence-corrected chi connectivity index (χ2v) is 8.04. The quantitative estimate of drug-likeness (QED) is 0.618. The molecule has 0 amide bonds. The summed E-state index contributed by atoms with van der Waals surface area (Å²) in [5.41, 5.74) is 2.10. The Morgan fingerprint density at radius 2 is 1.86 bits per heavy atom. The molecule has 0 aliphatic carbocycles. The summed E-state index contributed by atoms with van der Waals surface area (Å²) in [6.45, 7) is 1.41. The predicted molar refractivity (Wildman–Crippen MR) is 112 cm³/mol. The number of pyridine rings is 1. The van der Waals surface area contributed by atoms with E-state index in [1.54, 1.807) is 12.3 Å². The number of aromatic nitrogens is 1. The van der Waals surface area contributed by atoms with Crippen molar-refractivity contribution in [3.05, 3.63) is 76.0 Å². The lowest BCUT2D eigenvalue weighted by Crippen LogP contribution is -2.39. The van der Waals surface area contributed by atoms with Gasteiger partial charge >= 0.3 is 5.97 Å². The second-order valence-electron chi connectivity index (χ2n) is 7.20. The van der Waals surface area contributed by atoms with E-state index < -0.39 is 5.97 Å². The Morgan fingerprint density at radius 1 is 1.07 bits per heavy atom. The molecule has 0 radical (unpaired) electrons. The lowest BCUT2D eigenvalue weighted by Gasteiger charge is -2.37. The fraction of sp³-hybridized carbons (Fsp3) is 0.273. The van der Waals surface area contributed by atoms with Gasteiger partial charge in [0.2, 0.25) is 0 Å². The maximum absolute atomic E-state index is 11.3. The first-order valence-electron chi connectivity index (χ1n) is 9.28. The maximum atomic E-state index is 11.3. The van der Waals surface area contributed by atoms with E-state index in [2.05, 4.69) is 28.1 Å². The van der Waals surface area contributed by atoms with Gasteiger partial charge in [0.15, 0.2) is 0 Å². The average Bonchev–Trinajstić information content (AvgIpc) is 2.70. The van der Waals surface area contributed by atoms with Crippen LogP contribution in [0.4, 0.5) is 0 Å². The molecule has 2 aromatic carbocycles. The van der Waals surface area contributed by atoms with Gasteiger partial charge in [0, 0.05) is 27.8 Å². The number of fused-ring (bicyclic) bond motifs is 1. The SMILES string of the molecule is O=C(O)C1CCN(C(c2ccc3cnccc3c2)c2ccc(Cl)cc2Cl)CC1. The fourth-order valence-corrected chi connectivity index (χ4v) is 4.50. The van der Waals surface area contributed by atoms with Crippen molar-refractivity contribution in [2.24, 2.45) is 5.92 Å². The van der Waals surface area contributed by atoms with E-state index in [0.29, 0.717) is 36.0 Å². The number of hydrogen-bond donors (Lipinski definition) is 1. The molecule has 1 saturated heterocycles. The predicted octanol–water partition coefficient (Wildman–Crippen LogP) is 5.43. The lowest BCUT2D eigenvalue weighted by molar-refractivity contribution is -0.143. The summed E-state index contributed by atoms with van der Waals surface area (Å²) in [5, 5.41) is 12.7. The largest absolute Gasteiger partial charge is 0.481 e. The third kappa shape index (κ3) is 3.86. The molecule has 0 bridgehead atoms. The molecule has 1 N–H and O–H groups in total. The van der Waals surface area contributed by atoms with Gasteiger partial charge < -0.3 is 5.11 Å². The molecular formula is C22H20Cl2N2O2. The highest BCUT2D eigenvalue weighted by Crippen LogP contribution is 2.37. The number of halogens is 2. The minimum atomic E-state index is -0.709. The van der Waals surface area contributed by atoms with Crippen LogP contribution in [0.5, 0.6) is 0 Å². The number of benzene rings is 2. The van der Waals surface area contributed by atoms with E-state index in [9.17, 15) is 9.90 Å². The zero-order chi connectivity index (χ0) is 19.7. The molecule has 144 valence electrons. The van der Waals surface area contributed by atoms with E-state index >= 15 is 0 Å². The van der Waals surface area contributed by atoms with Crippen molar-refractivity contribution >= 4 is 39.9 Å². The summed E-state index contributed by atoms with van der Waals surface area (Å²) in [4.78, 5) is 17.8. The molecule has 2 heterocycles. The van der Waals surface area contributed by atoms with Crippen LogP contribution >= 0.6 is 23.2 Å². The van der Waals surface area contributed by atoms with Crippen molar-refractivity contribution in [3.8, 4) is 0 Å². The smallest absolute Gasteiger partial charge is 0.306 e. The summed E-state index contributed by atoms with van der Waals surface area (Å²) in [5.74, 6) is -0.987. The summed E-state index contributed by atoms with van der Waals surface area (Å²) in [7, 11) is 0. The Balaban J connectivity index is 1.75. The standard InChI is InChI=1S/C22H20Cl2N2O2/c23-18-3-4-19(20(24)12-18)21(26-9-6-14(7-10-26)22(27)28)16-1-2-17-13-25-8-5-15(17)11-16/h1-5,8,11-14,21H,6-7,9-10H2,(H,27,28). The molecule has 4 rings (SSSR count). The molecule has 0 spiro atoms. The number of piperidine rings is 1. The van der Waals surface area contributed by atoms with E-state index in [0.717, 1.165) is 21.9 Å². The second kappa shape index (κ2) is 8.08. The molecule has 1 aromatic heterocycles. The van der Waals surface area contributed by atoms with Gasteiger partial charge in [-0.2, -0.15) is 0 Å². The van der Waals surface area contributed by atoms with Gasteiger partial charge in [0.05, 0.1) is 12.0 Å². The molecule has 1 fully saturated rings. The van der Waals surface area contributed by atoms with Crippen LogP contribution in [0.1, 0.15) is 30.0 Å². The van der Waals surface area contributed by atoms with Crippen molar-refractivity contribution < 1.29 is 9.90 Å². The number of likely N-dealkylation sites (tertiary alicyclic amines) is 1.